The number of hydrogen-bond acceptors (Lipinski definition) is 6. The number of nitrogens with zero attached hydrogens (tertiary/aromatic N) is 2. The lowest BCUT2D eigenvalue weighted by Gasteiger charge is -2.29. The molecule has 132 valence electrons. The summed E-state index contributed by atoms with van der Waals surface area (Å²) < 4.78 is 0. The largest absolute Gasteiger partial charge is 0.375 e. The summed E-state index contributed by atoms with van der Waals surface area (Å²) in [6.45, 7) is 4.30. The number of nitrogens with one attached hydrogen (secondary N) is 2. The van der Waals surface area contributed by atoms with Gasteiger partial charge >= 0.3 is 0 Å². The maximum absolute atomic E-state index is 12.1. The van der Waals surface area contributed by atoms with E-state index in [1.54, 1.807) is 6.20 Å². The Bertz CT molecular complexity index is 954. The molecule has 3 aromatic rings. The standard InChI is InChI=1S/C20H20N4O2/c25-19-17(18(20(19)26)23-13-15-3-1-2-8-22-15)14-4-6-16(7-5-14)24-11-9-21-10-12-24/h1-8,21,23H,9-13H2. The van der Waals surface area contributed by atoms with Crippen molar-refractivity contribution in [3.63, 3.8) is 0 Å². The summed E-state index contributed by atoms with van der Waals surface area (Å²) in [6.07, 6.45) is 1.70. The number of benzene rings is 1. The maximum Gasteiger partial charge on any atom is 0.250 e. The Hall–Kier alpha value is -2.99. The molecule has 0 amide bonds. The smallest absolute Gasteiger partial charge is 0.250 e. The summed E-state index contributed by atoms with van der Waals surface area (Å²) in [5.41, 5.74) is 2.70. The van der Waals surface area contributed by atoms with Crippen LogP contribution in [0.15, 0.2) is 58.3 Å². The summed E-state index contributed by atoms with van der Waals surface area (Å²) in [5.74, 6) is 0. The Morgan fingerprint density at radius 1 is 1.00 bits per heavy atom. The highest BCUT2D eigenvalue weighted by molar-refractivity contribution is 5.82. The van der Waals surface area contributed by atoms with E-state index in [9.17, 15) is 9.59 Å². The van der Waals surface area contributed by atoms with Crippen LogP contribution in [0.25, 0.3) is 11.1 Å². The van der Waals surface area contributed by atoms with Crippen LogP contribution >= 0.6 is 0 Å². The van der Waals surface area contributed by atoms with E-state index in [1.165, 1.54) is 0 Å². The van der Waals surface area contributed by atoms with Gasteiger partial charge in [-0.25, -0.2) is 0 Å². The molecule has 4 rings (SSSR count). The lowest BCUT2D eigenvalue weighted by Crippen LogP contribution is -2.43. The minimum Gasteiger partial charge on any atom is -0.375 e. The van der Waals surface area contributed by atoms with Gasteiger partial charge < -0.3 is 15.5 Å². The van der Waals surface area contributed by atoms with Crippen LogP contribution in [-0.2, 0) is 6.54 Å². The van der Waals surface area contributed by atoms with Crippen LogP contribution in [0.2, 0.25) is 0 Å². The van der Waals surface area contributed by atoms with E-state index < -0.39 is 10.9 Å². The minimum absolute atomic E-state index is 0.385. The van der Waals surface area contributed by atoms with E-state index in [0.717, 1.165) is 43.1 Å². The highest BCUT2D eigenvalue weighted by Gasteiger charge is 2.22. The summed E-state index contributed by atoms with van der Waals surface area (Å²) in [7, 11) is 0. The average molecular weight is 348 g/mol. The third kappa shape index (κ3) is 3.11. The molecule has 6 nitrogen and oxygen atoms in total. The molecule has 26 heavy (non-hydrogen) atoms. The van der Waals surface area contributed by atoms with Crippen LogP contribution in [0.3, 0.4) is 0 Å². The zero-order chi connectivity index (χ0) is 17.9. The molecule has 0 radical (unpaired) electrons. The number of aromatic nitrogens is 1. The molecule has 1 fully saturated rings. The summed E-state index contributed by atoms with van der Waals surface area (Å²) in [5, 5.41) is 6.40. The molecule has 2 N–H and O–H groups in total. The lowest BCUT2D eigenvalue weighted by molar-refractivity contribution is 0.589. The third-order valence-electron chi connectivity index (χ3n) is 4.72. The van der Waals surface area contributed by atoms with Crippen molar-refractivity contribution < 1.29 is 0 Å². The molecule has 0 atom stereocenters. The SMILES string of the molecule is O=c1c(NCc2ccccn2)c(-c2ccc(N3CCNCC3)cc2)c1=O. The number of hydrogen-bond donors (Lipinski definition) is 2. The second kappa shape index (κ2) is 7.09. The maximum atomic E-state index is 12.1. The van der Waals surface area contributed by atoms with Gasteiger partial charge in [-0.3, -0.25) is 14.6 Å². The Morgan fingerprint density at radius 3 is 2.46 bits per heavy atom. The van der Waals surface area contributed by atoms with Crippen LogP contribution in [0.1, 0.15) is 5.69 Å². The van der Waals surface area contributed by atoms with Gasteiger partial charge in [0.05, 0.1) is 23.5 Å². The van der Waals surface area contributed by atoms with Gasteiger partial charge in [0.2, 0.25) is 10.9 Å². The fourth-order valence-electron chi connectivity index (χ4n) is 3.28. The molecule has 2 aromatic carbocycles. The van der Waals surface area contributed by atoms with Gasteiger partial charge in [-0.05, 0) is 29.8 Å². The van der Waals surface area contributed by atoms with E-state index in [-0.39, 0.29) is 0 Å². The van der Waals surface area contributed by atoms with Gasteiger partial charge in [0.15, 0.2) is 0 Å². The topological polar surface area (TPSA) is 74.3 Å². The normalized spacial score (nSPS) is 14.5. The molecule has 0 saturated carbocycles. The molecule has 0 bridgehead atoms. The number of pyridine rings is 1. The molecule has 1 aromatic heterocycles. The number of anilines is 2. The lowest BCUT2D eigenvalue weighted by atomic mass is 9.98. The van der Waals surface area contributed by atoms with Crippen LogP contribution in [0.5, 0.6) is 0 Å². The van der Waals surface area contributed by atoms with Crippen molar-refractivity contribution in [3.05, 3.63) is 74.8 Å². The molecule has 1 saturated heterocycles. The van der Waals surface area contributed by atoms with Crippen molar-refractivity contribution in [2.45, 2.75) is 6.54 Å². The first-order chi connectivity index (χ1) is 12.7. The fraction of sp³-hybridized carbons (Fsp3) is 0.250. The second-order valence-electron chi connectivity index (χ2n) is 6.37. The van der Waals surface area contributed by atoms with Crippen LogP contribution in [-0.4, -0.2) is 31.2 Å². The van der Waals surface area contributed by atoms with Crippen LogP contribution < -0.4 is 26.4 Å². The predicted octanol–water partition coefficient (Wildman–Crippen LogP) is 1.37. The van der Waals surface area contributed by atoms with Crippen LogP contribution in [0, 0.1) is 0 Å². The first kappa shape index (κ1) is 16.5. The molecule has 0 spiro atoms. The highest BCUT2D eigenvalue weighted by Crippen LogP contribution is 2.26. The molecule has 0 aliphatic carbocycles. The van der Waals surface area contributed by atoms with Crippen molar-refractivity contribution in [1.29, 1.82) is 0 Å². The number of piperazine rings is 1. The van der Waals surface area contributed by atoms with Gasteiger partial charge in [-0.15, -0.1) is 0 Å². The molecular weight excluding hydrogens is 328 g/mol. The Balaban J connectivity index is 1.53. The number of rotatable bonds is 5. The first-order valence-corrected chi connectivity index (χ1v) is 8.77. The summed E-state index contributed by atoms with van der Waals surface area (Å²) >= 11 is 0. The molecule has 6 heteroatoms. The molecule has 1 aliphatic rings. The van der Waals surface area contributed by atoms with E-state index in [1.807, 2.05) is 42.5 Å². The van der Waals surface area contributed by atoms with Gasteiger partial charge in [-0.1, -0.05) is 18.2 Å². The van der Waals surface area contributed by atoms with Gasteiger partial charge in [0, 0.05) is 38.1 Å². The second-order valence-corrected chi connectivity index (χ2v) is 6.37. The quantitative estimate of drug-likeness (QED) is 0.679. The van der Waals surface area contributed by atoms with Crippen molar-refractivity contribution in [2.75, 3.05) is 36.4 Å². The zero-order valence-electron chi connectivity index (χ0n) is 14.4. The molecule has 0 unspecified atom stereocenters. The first-order valence-electron chi connectivity index (χ1n) is 8.77. The average Bonchev–Trinajstić information content (AvgIpc) is 2.72. The van der Waals surface area contributed by atoms with Crippen molar-refractivity contribution in [1.82, 2.24) is 10.3 Å². The minimum atomic E-state index is -0.456. The third-order valence-corrected chi connectivity index (χ3v) is 4.72. The van der Waals surface area contributed by atoms with E-state index >= 15 is 0 Å². The summed E-state index contributed by atoms with van der Waals surface area (Å²) in [6, 6.07) is 13.5. The monoisotopic (exact) mass is 348 g/mol. The van der Waals surface area contributed by atoms with Gasteiger partial charge in [0.25, 0.3) is 0 Å². The van der Waals surface area contributed by atoms with Crippen molar-refractivity contribution in [2.24, 2.45) is 0 Å². The van der Waals surface area contributed by atoms with E-state index in [0.29, 0.717) is 17.8 Å². The highest BCUT2D eigenvalue weighted by atomic mass is 16.2. The zero-order valence-corrected chi connectivity index (χ0v) is 14.4. The van der Waals surface area contributed by atoms with E-state index in [2.05, 4.69) is 20.5 Å². The fourth-order valence-corrected chi connectivity index (χ4v) is 3.28. The Kier molecular flexibility index (Phi) is 4.50. The Labute approximate surface area is 151 Å². The van der Waals surface area contributed by atoms with Gasteiger partial charge in [0.1, 0.15) is 0 Å². The van der Waals surface area contributed by atoms with E-state index in [4.69, 9.17) is 0 Å². The Morgan fingerprint density at radius 2 is 1.77 bits per heavy atom. The van der Waals surface area contributed by atoms with Crippen molar-refractivity contribution >= 4 is 11.4 Å². The van der Waals surface area contributed by atoms with Crippen LogP contribution in [0.4, 0.5) is 11.4 Å². The molecule has 1 aliphatic heterocycles. The predicted molar refractivity (Wildman–Crippen MR) is 103 cm³/mol. The molecular formula is C20H20N4O2. The molecule has 2 heterocycles. The van der Waals surface area contributed by atoms with Crippen molar-refractivity contribution in [3.8, 4) is 11.1 Å². The van der Waals surface area contributed by atoms with Gasteiger partial charge in [-0.2, -0.15) is 0 Å². The summed E-state index contributed by atoms with van der Waals surface area (Å²) in [4.78, 5) is 30.6.